The van der Waals surface area contributed by atoms with Gasteiger partial charge in [-0.1, -0.05) is 43.2 Å². The summed E-state index contributed by atoms with van der Waals surface area (Å²) in [4.78, 5) is 19.9. The minimum Gasteiger partial charge on any atom is -0.481 e. The van der Waals surface area contributed by atoms with Crippen molar-refractivity contribution >= 4 is 11.8 Å². The highest BCUT2D eigenvalue weighted by molar-refractivity contribution is 5.70. The van der Waals surface area contributed by atoms with E-state index in [9.17, 15) is 9.90 Å². The molecular weight excluding hydrogens is 290 g/mol. The van der Waals surface area contributed by atoms with Crippen LogP contribution in [0.4, 0.5) is 5.82 Å². The van der Waals surface area contributed by atoms with Crippen LogP contribution < -0.4 is 5.32 Å². The van der Waals surface area contributed by atoms with E-state index >= 15 is 0 Å². The molecule has 0 unspecified atom stereocenters. The van der Waals surface area contributed by atoms with Crippen LogP contribution in [0.15, 0.2) is 42.7 Å². The highest BCUT2D eigenvalue weighted by atomic mass is 16.4. The zero-order valence-corrected chi connectivity index (χ0v) is 13.0. The van der Waals surface area contributed by atoms with E-state index in [0.717, 1.165) is 42.8 Å². The highest BCUT2D eigenvalue weighted by Gasteiger charge is 2.30. The van der Waals surface area contributed by atoms with Crippen molar-refractivity contribution in [3.63, 3.8) is 0 Å². The van der Waals surface area contributed by atoms with E-state index in [1.807, 2.05) is 36.4 Å². The van der Waals surface area contributed by atoms with Crippen molar-refractivity contribution in [2.75, 3.05) is 11.9 Å². The average molecular weight is 311 g/mol. The maximum Gasteiger partial charge on any atom is 0.306 e. The summed E-state index contributed by atoms with van der Waals surface area (Å²) in [5.74, 6) is -0.0131. The summed E-state index contributed by atoms with van der Waals surface area (Å²) in [6.07, 6.45) is 5.40. The zero-order valence-electron chi connectivity index (χ0n) is 13.0. The van der Waals surface area contributed by atoms with Gasteiger partial charge in [-0.3, -0.25) is 4.79 Å². The van der Waals surface area contributed by atoms with E-state index in [0.29, 0.717) is 6.54 Å². The van der Waals surface area contributed by atoms with Gasteiger partial charge in [0.2, 0.25) is 0 Å². The molecular formula is C18H21N3O2. The summed E-state index contributed by atoms with van der Waals surface area (Å²) in [5, 5.41) is 12.6. The first-order valence-electron chi connectivity index (χ1n) is 8.08. The minimum absolute atomic E-state index is 0.163. The fourth-order valence-electron chi connectivity index (χ4n) is 3.23. The molecule has 1 aliphatic carbocycles. The predicted octanol–water partition coefficient (Wildman–Crippen LogP) is 3.45. The normalized spacial score (nSPS) is 20.9. The van der Waals surface area contributed by atoms with Crippen LogP contribution >= 0.6 is 0 Å². The first kappa shape index (κ1) is 15.5. The molecule has 1 aliphatic rings. The maximum absolute atomic E-state index is 11.4. The molecule has 0 bridgehead atoms. The van der Waals surface area contributed by atoms with Crippen LogP contribution in [-0.4, -0.2) is 27.6 Å². The third kappa shape index (κ3) is 3.86. The fraction of sp³-hybridized carbons (Fsp3) is 0.389. The number of nitrogens with one attached hydrogen (secondary N) is 1. The van der Waals surface area contributed by atoms with Gasteiger partial charge in [0.1, 0.15) is 12.1 Å². The Morgan fingerprint density at radius 3 is 2.74 bits per heavy atom. The van der Waals surface area contributed by atoms with Crippen LogP contribution in [0.1, 0.15) is 25.7 Å². The number of carbonyl (C=O) groups is 1. The van der Waals surface area contributed by atoms with Crippen molar-refractivity contribution in [3.8, 4) is 11.3 Å². The quantitative estimate of drug-likeness (QED) is 0.884. The molecule has 5 heteroatoms. The van der Waals surface area contributed by atoms with Gasteiger partial charge in [0.05, 0.1) is 11.6 Å². The van der Waals surface area contributed by atoms with Gasteiger partial charge in [0, 0.05) is 18.2 Å². The van der Waals surface area contributed by atoms with Crippen LogP contribution in [0.2, 0.25) is 0 Å². The second kappa shape index (κ2) is 7.22. The number of aromatic nitrogens is 2. The number of hydrogen-bond donors (Lipinski definition) is 2. The second-order valence-corrected chi connectivity index (χ2v) is 6.02. The Hall–Kier alpha value is -2.43. The van der Waals surface area contributed by atoms with Crippen LogP contribution in [0.25, 0.3) is 11.3 Å². The Kier molecular flexibility index (Phi) is 4.86. The molecule has 0 aliphatic heterocycles. The Morgan fingerprint density at radius 2 is 1.96 bits per heavy atom. The Balaban J connectivity index is 1.67. The monoisotopic (exact) mass is 311 g/mol. The number of rotatable bonds is 5. The van der Waals surface area contributed by atoms with Gasteiger partial charge in [-0.25, -0.2) is 9.97 Å². The molecule has 1 saturated carbocycles. The molecule has 1 fully saturated rings. The van der Waals surface area contributed by atoms with Crippen molar-refractivity contribution in [1.82, 2.24) is 9.97 Å². The van der Waals surface area contributed by atoms with E-state index in [2.05, 4.69) is 15.3 Å². The maximum atomic E-state index is 11.4. The SMILES string of the molecule is O=C(O)[C@H]1CCCC[C@H]1CNc1cc(-c2ccccc2)ncn1. The first-order chi connectivity index (χ1) is 11.2. The van der Waals surface area contributed by atoms with Crippen molar-refractivity contribution in [2.24, 2.45) is 11.8 Å². The molecule has 23 heavy (non-hydrogen) atoms. The lowest BCUT2D eigenvalue weighted by atomic mass is 9.79. The Bertz CT molecular complexity index is 660. The average Bonchev–Trinajstić information content (AvgIpc) is 2.61. The van der Waals surface area contributed by atoms with Gasteiger partial charge in [-0.15, -0.1) is 0 Å². The van der Waals surface area contributed by atoms with Crippen molar-refractivity contribution in [2.45, 2.75) is 25.7 Å². The minimum atomic E-state index is -0.677. The molecule has 1 aromatic heterocycles. The number of nitrogens with zero attached hydrogens (tertiary/aromatic N) is 2. The summed E-state index contributed by atoms with van der Waals surface area (Å²) in [6.45, 7) is 0.641. The molecule has 0 spiro atoms. The summed E-state index contributed by atoms with van der Waals surface area (Å²) >= 11 is 0. The Labute approximate surface area is 135 Å². The molecule has 1 heterocycles. The third-order valence-corrected chi connectivity index (χ3v) is 4.51. The smallest absolute Gasteiger partial charge is 0.306 e. The van der Waals surface area contributed by atoms with Crippen LogP contribution in [0.3, 0.4) is 0 Å². The lowest BCUT2D eigenvalue weighted by Crippen LogP contribution is -2.31. The lowest BCUT2D eigenvalue weighted by Gasteiger charge is -2.28. The van der Waals surface area contributed by atoms with Crippen molar-refractivity contribution < 1.29 is 9.90 Å². The van der Waals surface area contributed by atoms with Gasteiger partial charge in [0.15, 0.2) is 0 Å². The van der Waals surface area contributed by atoms with Gasteiger partial charge in [-0.2, -0.15) is 0 Å². The predicted molar refractivity (Wildman–Crippen MR) is 89.0 cm³/mol. The fourth-order valence-corrected chi connectivity index (χ4v) is 3.23. The van der Waals surface area contributed by atoms with Crippen LogP contribution in [0.5, 0.6) is 0 Å². The second-order valence-electron chi connectivity index (χ2n) is 6.02. The van der Waals surface area contributed by atoms with E-state index < -0.39 is 5.97 Å². The number of aliphatic carboxylic acids is 1. The number of benzene rings is 1. The molecule has 0 saturated heterocycles. The van der Waals surface area contributed by atoms with Gasteiger partial charge in [-0.05, 0) is 18.8 Å². The number of carboxylic acids is 1. The summed E-state index contributed by atoms with van der Waals surface area (Å²) in [5.41, 5.74) is 1.90. The van der Waals surface area contributed by atoms with Gasteiger partial charge >= 0.3 is 5.97 Å². The molecule has 2 atom stereocenters. The molecule has 2 N–H and O–H groups in total. The molecule has 2 aromatic rings. The molecule has 3 rings (SSSR count). The molecule has 5 nitrogen and oxygen atoms in total. The van der Waals surface area contributed by atoms with Gasteiger partial charge < -0.3 is 10.4 Å². The van der Waals surface area contributed by atoms with Crippen molar-refractivity contribution in [3.05, 3.63) is 42.7 Å². The molecule has 120 valence electrons. The summed E-state index contributed by atoms with van der Waals surface area (Å²) in [6, 6.07) is 11.8. The lowest BCUT2D eigenvalue weighted by molar-refractivity contribution is -0.144. The largest absolute Gasteiger partial charge is 0.481 e. The number of hydrogen-bond acceptors (Lipinski definition) is 4. The summed E-state index contributed by atoms with van der Waals surface area (Å²) in [7, 11) is 0. The van der Waals surface area contributed by atoms with E-state index in [-0.39, 0.29) is 11.8 Å². The van der Waals surface area contributed by atoms with Crippen molar-refractivity contribution in [1.29, 1.82) is 0 Å². The number of carboxylic acid groups (broad SMARTS) is 1. The van der Waals surface area contributed by atoms with Gasteiger partial charge in [0.25, 0.3) is 0 Å². The van der Waals surface area contributed by atoms with E-state index in [1.165, 1.54) is 0 Å². The first-order valence-corrected chi connectivity index (χ1v) is 8.08. The molecule has 1 aromatic carbocycles. The van der Waals surface area contributed by atoms with Crippen LogP contribution in [0, 0.1) is 11.8 Å². The van der Waals surface area contributed by atoms with Crippen LogP contribution in [-0.2, 0) is 4.79 Å². The Morgan fingerprint density at radius 1 is 1.17 bits per heavy atom. The third-order valence-electron chi connectivity index (χ3n) is 4.51. The highest BCUT2D eigenvalue weighted by Crippen LogP contribution is 2.30. The zero-order chi connectivity index (χ0) is 16.1. The topological polar surface area (TPSA) is 75.1 Å². The standard InChI is InChI=1S/C18H21N3O2/c22-18(23)15-9-5-4-8-14(15)11-19-17-10-16(20-12-21-17)13-6-2-1-3-7-13/h1-3,6-7,10,12,14-15H,4-5,8-9,11H2,(H,22,23)(H,19,20,21)/t14-,15-/m0/s1. The summed E-state index contributed by atoms with van der Waals surface area (Å²) < 4.78 is 0. The van der Waals surface area contributed by atoms with E-state index in [1.54, 1.807) is 6.33 Å². The molecule has 0 amide bonds. The molecule has 0 radical (unpaired) electrons. The van der Waals surface area contributed by atoms with E-state index in [4.69, 9.17) is 0 Å². The number of anilines is 1.